The van der Waals surface area contributed by atoms with E-state index in [4.69, 9.17) is 5.73 Å². The summed E-state index contributed by atoms with van der Waals surface area (Å²) in [5.74, 6) is 0.0556. The van der Waals surface area contributed by atoms with Crippen molar-refractivity contribution in [2.75, 3.05) is 5.73 Å². The summed E-state index contributed by atoms with van der Waals surface area (Å²) in [5.41, 5.74) is 5.64. The zero-order valence-corrected chi connectivity index (χ0v) is 9.88. The number of aromatic nitrogens is 2. The SMILES string of the molecule is Nc1nc2sccn2c1S(=O)(=O)NC1CC1. The van der Waals surface area contributed by atoms with Gasteiger partial charge in [0.2, 0.25) is 0 Å². The fourth-order valence-electron chi connectivity index (χ4n) is 1.53. The predicted molar refractivity (Wildman–Crippen MR) is 60.8 cm³/mol. The lowest BCUT2D eigenvalue weighted by Crippen LogP contribution is -2.27. The monoisotopic (exact) mass is 258 g/mol. The first-order valence-corrected chi connectivity index (χ1v) is 7.17. The van der Waals surface area contributed by atoms with Crippen molar-refractivity contribution in [2.24, 2.45) is 0 Å². The fraction of sp³-hybridized carbons (Fsp3) is 0.375. The summed E-state index contributed by atoms with van der Waals surface area (Å²) in [4.78, 5) is 4.60. The molecule has 3 N–H and O–H groups in total. The van der Waals surface area contributed by atoms with Gasteiger partial charge in [-0.15, -0.1) is 11.3 Å². The van der Waals surface area contributed by atoms with Crippen LogP contribution in [-0.4, -0.2) is 23.8 Å². The third-order valence-electron chi connectivity index (χ3n) is 2.40. The number of hydrogen-bond donors (Lipinski definition) is 2. The van der Waals surface area contributed by atoms with Gasteiger partial charge in [0.1, 0.15) is 0 Å². The average Bonchev–Trinajstić information content (AvgIpc) is 2.73. The van der Waals surface area contributed by atoms with Crippen LogP contribution in [0.4, 0.5) is 5.82 Å². The van der Waals surface area contributed by atoms with Crippen LogP contribution >= 0.6 is 11.3 Å². The molecule has 8 heteroatoms. The number of nitrogens with one attached hydrogen (secondary N) is 1. The van der Waals surface area contributed by atoms with Gasteiger partial charge >= 0.3 is 0 Å². The summed E-state index contributed by atoms with van der Waals surface area (Å²) in [6.07, 6.45) is 3.44. The molecule has 1 aliphatic carbocycles. The number of anilines is 1. The Bertz CT molecular complexity index is 638. The molecule has 3 rings (SSSR count). The molecule has 2 heterocycles. The third-order valence-corrected chi connectivity index (χ3v) is 4.71. The lowest BCUT2D eigenvalue weighted by molar-refractivity contribution is 0.577. The highest BCUT2D eigenvalue weighted by Gasteiger charge is 2.31. The van der Waals surface area contributed by atoms with Crippen LogP contribution < -0.4 is 10.5 Å². The molecule has 1 saturated carbocycles. The van der Waals surface area contributed by atoms with E-state index in [2.05, 4.69) is 9.71 Å². The van der Waals surface area contributed by atoms with Crippen LogP contribution in [-0.2, 0) is 10.0 Å². The van der Waals surface area contributed by atoms with E-state index in [0.29, 0.717) is 4.96 Å². The number of nitrogens with two attached hydrogens (primary N) is 1. The maximum atomic E-state index is 12.0. The van der Waals surface area contributed by atoms with Crippen LogP contribution in [0.5, 0.6) is 0 Å². The zero-order chi connectivity index (χ0) is 11.3. The molecule has 1 aliphatic rings. The maximum absolute atomic E-state index is 12.0. The number of hydrogen-bond acceptors (Lipinski definition) is 5. The van der Waals surface area contributed by atoms with Crippen molar-refractivity contribution in [2.45, 2.75) is 23.9 Å². The van der Waals surface area contributed by atoms with E-state index >= 15 is 0 Å². The van der Waals surface area contributed by atoms with Gasteiger partial charge in [0, 0.05) is 17.6 Å². The van der Waals surface area contributed by atoms with Crippen LogP contribution in [0.3, 0.4) is 0 Å². The number of rotatable bonds is 3. The molecule has 0 aliphatic heterocycles. The van der Waals surface area contributed by atoms with Gasteiger partial charge in [-0.05, 0) is 12.8 Å². The lowest BCUT2D eigenvalue weighted by Gasteiger charge is -2.04. The second-order valence-electron chi connectivity index (χ2n) is 3.75. The number of nitrogens with zero attached hydrogens (tertiary/aromatic N) is 2. The quantitative estimate of drug-likeness (QED) is 0.835. The Labute approximate surface area is 96.1 Å². The van der Waals surface area contributed by atoms with Gasteiger partial charge in [-0.1, -0.05) is 0 Å². The van der Waals surface area contributed by atoms with E-state index in [0.717, 1.165) is 12.8 Å². The molecule has 0 unspecified atom stereocenters. The van der Waals surface area contributed by atoms with Crippen LogP contribution in [0.15, 0.2) is 16.6 Å². The Kier molecular flexibility index (Phi) is 2.00. The average molecular weight is 258 g/mol. The number of sulfonamides is 1. The van der Waals surface area contributed by atoms with E-state index < -0.39 is 10.0 Å². The molecule has 86 valence electrons. The first-order chi connectivity index (χ1) is 7.58. The lowest BCUT2D eigenvalue weighted by atomic mass is 10.8. The van der Waals surface area contributed by atoms with Crippen LogP contribution in [0.25, 0.3) is 4.96 Å². The van der Waals surface area contributed by atoms with Crippen molar-refractivity contribution in [3.8, 4) is 0 Å². The second-order valence-corrected chi connectivity index (χ2v) is 6.26. The molecule has 0 aromatic carbocycles. The number of fused-ring (bicyclic) bond motifs is 1. The van der Waals surface area contributed by atoms with Gasteiger partial charge in [-0.3, -0.25) is 4.40 Å². The smallest absolute Gasteiger partial charge is 0.260 e. The second kappa shape index (κ2) is 3.19. The number of thiazole rings is 1. The number of imidazole rings is 1. The summed E-state index contributed by atoms with van der Waals surface area (Å²) in [6.45, 7) is 0. The van der Waals surface area contributed by atoms with E-state index in [1.165, 1.54) is 15.7 Å². The van der Waals surface area contributed by atoms with Crippen molar-refractivity contribution in [1.29, 1.82) is 0 Å². The van der Waals surface area contributed by atoms with E-state index in [1.807, 2.05) is 0 Å². The zero-order valence-electron chi connectivity index (χ0n) is 8.25. The summed E-state index contributed by atoms with van der Waals surface area (Å²) < 4.78 is 28.2. The number of nitrogen functional groups attached to an aromatic ring is 1. The summed E-state index contributed by atoms with van der Waals surface area (Å²) in [6, 6.07) is 0.0635. The van der Waals surface area contributed by atoms with Crippen molar-refractivity contribution in [3.63, 3.8) is 0 Å². The molecule has 2 aromatic heterocycles. The summed E-state index contributed by atoms with van der Waals surface area (Å²) in [5, 5.41) is 1.83. The Hall–Kier alpha value is -1.12. The van der Waals surface area contributed by atoms with Crippen molar-refractivity contribution in [3.05, 3.63) is 11.6 Å². The van der Waals surface area contributed by atoms with Gasteiger partial charge < -0.3 is 5.73 Å². The van der Waals surface area contributed by atoms with Gasteiger partial charge in [-0.25, -0.2) is 18.1 Å². The molecular formula is C8H10N4O2S2. The molecule has 0 saturated heterocycles. The molecule has 0 amide bonds. The van der Waals surface area contributed by atoms with Gasteiger partial charge in [0.15, 0.2) is 15.8 Å². The van der Waals surface area contributed by atoms with E-state index in [1.54, 1.807) is 11.6 Å². The highest BCUT2D eigenvalue weighted by Crippen LogP contribution is 2.26. The first kappa shape index (κ1) is 10.1. The van der Waals surface area contributed by atoms with Crippen molar-refractivity contribution in [1.82, 2.24) is 14.1 Å². The minimum atomic E-state index is -3.55. The van der Waals surface area contributed by atoms with Crippen molar-refractivity contribution < 1.29 is 8.42 Å². The molecular weight excluding hydrogens is 248 g/mol. The minimum absolute atomic E-state index is 0.0515. The normalized spacial score (nSPS) is 17.0. The largest absolute Gasteiger partial charge is 0.381 e. The summed E-state index contributed by atoms with van der Waals surface area (Å²) >= 11 is 1.35. The molecule has 0 radical (unpaired) electrons. The van der Waals surface area contributed by atoms with Crippen molar-refractivity contribution >= 4 is 32.1 Å². The Morgan fingerprint density at radius 2 is 2.31 bits per heavy atom. The fourth-order valence-corrected chi connectivity index (χ4v) is 3.82. The van der Waals surface area contributed by atoms with Crippen LogP contribution in [0, 0.1) is 0 Å². The van der Waals surface area contributed by atoms with Gasteiger partial charge in [0.25, 0.3) is 10.0 Å². The molecule has 6 nitrogen and oxygen atoms in total. The first-order valence-electron chi connectivity index (χ1n) is 4.81. The molecule has 0 atom stereocenters. The van der Waals surface area contributed by atoms with E-state index in [9.17, 15) is 8.42 Å². The van der Waals surface area contributed by atoms with Crippen LogP contribution in [0.1, 0.15) is 12.8 Å². The molecule has 2 aromatic rings. The van der Waals surface area contributed by atoms with E-state index in [-0.39, 0.29) is 16.9 Å². The third kappa shape index (κ3) is 1.49. The van der Waals surface area contributed by atoms with Gasteiger partial charge in [0.05, 0.1) is 0 Å². The molecule has 0 spiro atoms. The minimum Gasteiger partial charge on any atom is -0.381 e. The topological polar surface area (TPSA) is 89.5 Å². The molecule has 16 heavy (non-hydrogen) atoms. The van der Waals surface area contributed by atoms with Crippen LogP contribution in [0.2, 0.25) is 0 Å². The maximum Gasteiger partial charge on any atom is 0.260 e. The Morgan fingerprint density at radius 3 is 3.00 bits per heavy atom. The highest BCUT2D eigenvalue weighted by atomic mass is 32.2. The standard InChI is InChI=1S/C8H10N4O2S2/c9-6-7(12-3-4-15-8(12)10-6)16(13,14)11-5-1-2-5/h3-5,11H,1-2,9H2. The highest BCUT2D eigenvalue weighted by molar-refractivity contribution is 7.89. The Morgan fingerprint density at radius 1 is 1.56 bits per heavy atom. The summed E-state index contributed by atoms with van der Waals surface area (Å²) in [7, 11) is -3.55. The van der Waals surface area contributed by atoms with Gasteiger partial charge in [-0.2, -0.15) is 0 Å². The Balaban J connectivity index is 2.15. The predicted octanol–water partition coefficient (Wildman–Crippen LogP) is 0.419. The molecule has 1 fully saturated rings. The molecule has 0 bridgehead atoms.